The van der Waals surface area contributed by atoms with E-state index in [4.69, 9.17) is 10.00 Å². The Kier molecular flexibility index (Phi) is 8.30. The molecule has 0 unspecified atom stereocenters. The number of aliphatic hydroxyl groups is 1. The third-order valence-electron chi connectivity index (χ3n) is 6.83. The number of benzene rings is 2. The van der Waals surface area contributed by atoms with Gasteiger partial charge in [-0.15, -0.1) is 0 Å². The molecule has 0 aliphatic carbocycles. The van der Waals surface area contributed by atoms with E-state index in [1.165, 1.54) is 58.8 Å². The lowest BCUT2D eigenvalue weighted by atomic mass is 9.99. The quantitative estimate of drug-likeness (QED) is 0.477. The van der Waals surface area contributed by atoms with Crippen molar-refractivity contribution in [3.8, 4) is 23.1 Å². The number of pyridine rings is 1. The number of aliphatic hydroxyl groups excluding tert-OH is 1. The van der Waals surface area contributed by atoms with Crippen molar-refractivity contribution in [2.45, 2.75) is 30.9 Å². The zero-order chi connectivity index (χ0) is 28.3. The van der Waals surface area contributed by atoms with Crippen LogP contribution in [-0.2, 0) is 10.0 Å². The van der Waals surface area contributed by atoms with Crippen molar-refractivity contribution in [3.05, 3.63) is 77.7 Å². The standard InChI is InChI=1S/C28H29FN4O5S/c1-18-15-33(19(2)17-34)28(35)25-12-22(21-6-8-23(29)9-7-21)14-31-27(25)38-26(18)16-32(3)39(36,37)24-10-4-20(13-30)5-11-24/h4-12,14,18-19,26,34H,15-17H2,1-3H3/t18-,19+,26-/m0/s1. The molecule has 9 nitrogen and oxygen atoms in total. The van der Waals surface area contributed by atoms with E-state index in [2.05, 4.69) is 4.98 Å². The lowest BCUT2D eigenvalue weighted by molar-refractivity contribution is 0.0373. The fourth-order valence-electron chi connectivity index (χ4n) is 4.35. The van der Waals surface area contributed by atoms with E-state index < -0.39 is 28.0 Å². The predicted octanol–water partition coefficient (Wildman–Crippen LogP) is 3.30. The highest BCUT2D eigenvalue weighted by Crippen LogP contribution is 2.31. The summed E-state index contributed by atoms with van der Waals surface area (Å²) in [6.07, 6.45) is 0.826. The molecule has 1 amide bonds. The second-order valence-corrected chi connectivity index (χ2v) is 11.7. The number of sulfonamides is 1. The molecule has 204 valence electrons. The number of amides is 1. The number of nitrogens with zero attached hydrogens (tertiary/aromatic N) is 4. The average molecular weight is 553 g/mol. The van der Waals surface area contributed by atoms with E-state index >= 15 is 0 Å². The zero-order valence-corrected chi connectivity index (χ0v) is 22.6. The molecule has 3 aromatic rings. The van der Waals surface area contributed by atoms with Gasteiger partial charge in [-0.1, -0.05) is 19.1 Å². The van der Waals surface area contributed by atoms with Crippen LogP contribution in [0.5, 0.6) is 5.88 Å². The summed E-state index contributed by atoms with van der Waals surface area (Å²) in [7, 11) is -2.47. The molecule has 1 aliphatic rings. The first kappa shape index (κ1) is 28.2. The summed E-state index contributed by atoms with van der Waals surface area (Å²) < 4.78 is 47.3. The van der Waals surface area contributed by atoms with Gasteiger partial charge >= 0.3 is 0 Å². The molecule has 0 radical (unpaired) electrons. The zero-order valence-electron chi connectivity index (χ0n) is 21.8. The van der Waals surface area contributed by atoms with E-state index in [-0.39, 0.29) is 47.9 Å². The van der Waals surface area contributed by atoms with Gasteiger partial charge in [-0.2, -0.15) is 9.57 Å². The van der Waals surface area contributed by atoms with Gasteiger partial charge in [-0.05, 0) is 55.0 Å². The Hall–Kier alpha value is -3.85. The predicted molar refractivity (Wildman–Crippen MR) is 142 cm³/mol. The molecule has 0 bridgehead atoms. The Bertz CT molecular complexity index is 1490. The highest BCUT2D eigenvalue weighted by atomic mass is 32.2. The first-order valence-corrected chi connectivity index (χ1v) is 13.8. The van der Waals surface area contributed by atoms with E-state index in [0.29, 0.717) is 16.7 Å². The van der Waals surface area contributed by atoms with Crippen molar-refractivity contribution in [1.29, 1.82) is 5.26 Å². The smallest absolute Gasteiger partial charge is 0.259 e. The minimum absolute atomic E-state index is 0.0377. The average Bonchev–Trinajstić information content (AvgIpc) is 2.94. The molecule has 2 aromatic carbocycles. The minimum atomic E-state index is -3.90. The first-order valence-electron chi connectivity index (χ1n) is 12.4. The van der Waals surface area contributed by atoms with Gasteiger partial charge in [0, 0.05) is 31.3 Å². The number of fused-ring (bicyclic) bond motifs is 1. The molecule has 0 saturated heterocycles. The number of likely N-dealkylation sites (N-methyl/N-ethyl adjacent to an activating group) is 1. The van der Waals surface area contributed by atoms with Crippen LogP contribution in [0.3, 0.4) is 0 Å². The van der Waals surface area contributed by atoms with E-state index in [1.54, 1.807) is 25.1 Å². The summed E-state index contributed by atoms with van der Waals surface area (Å²) in [5, 5.41) is 18.9. The summed E-state index contributed by atoms with van der Waals surface area (Å²) in [6.45, 7) is 3.46. The van der Waals surface area contributed by atoms with Crippen molar-refractivity contribution < 1.29 is 27.4 Å². The number of nitriles is 1. The molecule has 1 aromatic heterocycles. The van der Waals surface area contributed by atoms with Crippen LogP contribution in [0.1, 0.15) is 29.8 Å². The third kappa shape index (κ3) is 5.93. The number of carbonyl (C=O) groups excluding carboxylic acids is 1. The lowest BCUT2D eigenvalue weighted by Crippen LogP contribution is -2.50. The third-order valence-corrected chi connectivity index (χ3v) is 8.66. The molecule has 0 spiro atoms. The second kappa shape index (κ2) is 11.5. The van der Waals surface area contributed by atoms with Crippen LogP contribution in [0, 0.1) is 23.1 Å². The van der Waals surface area contributed by atoms with Crippen LogP contribution < -0.4 is 4.74 Å². The maximum atomic E-state index is 13.6. The molecule has 3 atom stereocenters. The van der Waals surface area contributed by atoms with Gasteiger partial charge in [-0.3, -0.25) is 4.79 Å². The van der Waals surface area contributed by atoms with Gasteiger partial charge < -0.3 is 14.7 Å². The summed E-state index contributed by atoms with van der Waals surface area (Å²) in [6, 6.07) is 14.5. The van der Waals surface area contributed by atoms with Crippen LogP contribution in [0.25, 0.3) is 11.1 Å². The summed E-state index contributed by atoms with van der Waals surface area (Å²) in [4.78, 5) is 19.6. The molecule has 1 N–H and O–H groups in total. The first-order chi connectivity index (χ1) is 18.5. The van der Waals surface area contributed by atoms with Crippen LogP contribution in [0.4, 0.5) is 4.39 Å². The molecular formula is C28H29FN4O5S. The van der Waals surface area contributed by atoms with Crippen molar-refractivity contribution in [2.75, 3.05) is 26.7 Å². The van der Waals surface area contributed by atoms with Gasteiger partial charge in [0.25, 0.3) is 5.91 Å². The van der Waals surface area contributed by atoms with Crippen LogP contribution in [-0.4, -0.2) is 72.5 Å². The molecular weight excluding hydrogens is 523 g/mol. The van der Waals surface area contributed by atoms with Crippen molar-refractivity contribution in [3.63, 3.8) is 0 Å². The highest BCUT2D eigenvalue weighted by Gasteiger charge is 2.36. The van der Waals surface area contributed by atoms with E-state index in [1.807, 2.05) is 13.0 Å². The van der Waals surface area contributed by atoms with Gasteiger partial charge in [0.2, 0.25) is 15.9 Å². The molecule has 11 heteroatoms. The Morgan fingerprint density at radius 1 is 1.21 bits per heavy atom. The molecule has 0 fully saturated rings. The number of aromatic nitrogens is 1. The monoisotopic (exact) mass is 552 g/mol. The van der Waals surface area contributed by atoms with E-state index in [9.17, 15) is 22.7 Å². The molecule has 2 heterocycles. The van der Waals surface area contributed by atoms with Crippen LogP contribution in [0.15, 0.2) is 65.7 Å². The second-order valence-electron chi connectivity index (χ2n) is 9.63. The van der Waals surface area contributed by atoms with Crippen LogP contribution in [0.2, 0.25) is 0 Å². The Labute approximate surface area is 227 Å². The number of hydrogen-bond acceptors (Lipinski definition) is 7. The maximum absolute atomic E-state index is 13.6. The van der Waals surface area contributed by atoms with Gasteiger partial charge in [0.15, 0.2) is 0 Å². The summed E-state index contributed by atoms with van der Waals surface area (Å²) >= 11 is 0. The molecule has 0 saturated carbocycles. The molecule has 1 aliphatic heterocycles. The number of hydrogen-bond donors (Lipinski definition) is 1. The van der Waals surface area contributed by atoms with Gasteiger partial charge in [0.1, 0.15) is 17.5 Å². The highest BCUT2D eigenvalue weighted by molar-refractivity contribution is 7.89. The summed E-state index contributed by atoms with van der Waals surface area (Å²) in [5.74, 6) is -1.06. The van der Waals surface area contributed by atoms with Crippen molar-refractivity contribution in [2.24, 2.45) is 5.92 Å². The molecule has 39 heavy (non-hydrogen) atoms. The fraction of sp³-hybridized carbons (Fsp3) is 0.321. The maximum Gasteiger partial charge on any atom is 0.259 e. The normalized spacial score (nSPS) is 18.5. The van der Waals surface area contributed by atoms with E-state index in [0.717, 1.165) is 0 Å². The lowest BCUT2D eigenvalue weighted by Gasteiger charge is -2.37. The Morgan fingerprint density at radius 3 is 2.49 bits per heavy atom. The number of carbonyl (C=O) groups is 1. The van der Waals surface area contributed by atoms with Crippen molar-refractivity contribution in [1.82, 2.24) is 14.2 Å². The number of rotatable bonds is 7. The van der Waals surface area contributed by atoms with Gasteiger partial charge in [-0.25, -0.2) is 17.8 Å². The Balaban J connectivity index is 1.69. The fourth-order valence-corrected chi connectivity index (χ4v) is 5.54. The minimum Gasteiger partial charge on any atom is -0.472 e. The largest absolute Gasteiger partial charge is 0.472 e. The van der Waals surface area contributed by atoms with Crippen LogP contribution >= 0.6 is 0 Å². The van der Waals surface area contributed by atoms with Crippen molar-refractivity contribution >= 4 is 15.9 Å². The number of ether oxygens (including phenoxy) is 1. The number of halogens is 1. The summed E-state index contributed by atoms with van der Waals surface area (Å²) in [5.41, 5.74) is 1.74. The van der Waals surface area contributed by atoms with Gasteiger partial charge in [0.05, 0.1) is 35.7 Å². The SMILES string of the molecule is C[C@H](CO)N1C[C@H](C)[C@H](CN(C)S(=O)(=O)c2ccc(C#N)cc2)Oc2ncc(-c3ccc(F)cc3)cc2C1=O. The molecule has 4 rings (SSSR count). The topological polar surface area (TPSA) is 124 Å². The Morgan fingerprint density at radius 2 is 1.87 bits per heavy atom.